The lowest BCUT2D eigenvalue weighted by Gasteiger charge is -2.27. The fourth-order valence-electron chi connectivity index (χ4n) is 3.68. The molecule has 26 heavy (non-hydrogen) atoms. The molecule has 0 bridgehead atoms. The first-order chi connectivity index (χ1) is 12.6. The molecule has 2 aliphatic rings. The summed E-state index contributed by atoms with van der Waals surface area (Å²) in [7, 11) is 1.24. The maximum Gasteiger partial charge on any atom is 0.236 e. The number of ether oxygens (including phenoxy) is 2. The van der Waals surface area contributed by atoms with Crippen LogP contribution >= 0.6 is 0 Å². The molecule has 1 atom stereocenters. The van der Waals surface area contributed by atoms with Crippen LogP contribution < -0.4 is 4.74 Å². The first-order valence-electron chi connectivity index (χ1n) is 9.20. The molecule has 0 aliphatic carbocycles. The second kappa shape index (κ2) is 8.77. The summed E-state index contributed by atoms with van der Waals surface area (Å²) in [5, 5.41) is 0. The Kier molecular flexibility index (Phi) is 6.43. The number of carbonyl (C=O) groups is 1. The van der Waals surface area contributed by atoms with Crippen LogP contribution in [0.1, 0.15) is 31.2 Å². The van der Waals surface area contributed by atoms with Gasteiger partial charge in [-0.2, -0.15) is 0 Å². The van der Waals surface area contributed by atoms with E-state index in [0.29, 0.717) is 12.1 Å². The predicted octanol–water partition coefficient (Wildman–Crippen LogP) is 2.58. The summed E-state index contributed by atoms with van der Waals surface area (Å²) in [5.41, 5.74) is 0.480. The summed E-state index contributed by atoms with van der Waals surface area (Å²) in [6, 6.07) is 2.54. The van der Waals surface area contributed by atoms with Crippen molar-refractivity contribution >= 4 is 5.91 Å². The minimum Gasteiger partial charge on any atom is -0.491 e. The maximum atomic E-state index is 14.0. The Morgan fingerprint density at radius 1 is 1.27 bits per heavy atom. The highest BCUT2D eigenvalue weighted by Crippen LogP contribution is 2.24. The van der Waals surface area contributed by atoms with Crippen molar-refractivity contribution in [2.75, 3.05) is 39.9 Å². The molecule has 144 valence electrons. The molecule has 0 radical (unpaired) electrons. The van der Waals surface area contributed by atoms with Crippen LogP contribution in [0.5, 0.6) is 5.75 Å². The number of nitrogens with zero attached hydrogens (tertiary/aromatic N) is 2. The van der Waals surface area contributed by atoms with Gasteiger partial charge in [0.1, 0.15) is 0 Å². The zero-order chi connectivity index (χ0) is 18.5. The van der Waals surface area contributed by atoms with Crippen LogP contribution in [0.15, 0.2) is 12.1 Å². The summed E-state index contributed by atoms with van der Waals surface area (Å²) >= 11 is 0. The van der Waals surface area contributed by atoms with Crippen molar-refractivity contribution in [3.8, 4) is 5.75 Å². The minimum atomic E-state index is -0.731. The molecule has 0 saturated carbocycles. The quantitative estimate of drug-likeness (QED) is 0.742. The monoisotopic (exact) mass is 368 g/mol. The molecule has 3 rings (SSSR count). The highest BCUT2D eigenvalue weighted by molar-refractivity contribution is 5.78. The molecule has 1 unspecified atom stereocenters. The van der Waals surface area contributed by atoms with Crippen LogP contribution in [0.4, 0.5) is 8.78 Å². The topological polar surface area (TPSA) is 42.0 Å². The van der Waals surface area contributed by atoms with E-state index in [1.807, 2.05) is 9.80 Å². The lowest BCUT2D eigenvalue weighted by atomic mass is 10.1. The van der Waals surface area contributed by atoms with Gasteiger partial charge in [-0.05, 0) is 43.4 Å². The third-order valence-corrected chi connectivity index (χ3v) is 4.97. The molecule has 0 spiro atoms. The number of rotatable bonds is 7. The Labute approximate surface area is 152 Å². The third kappa shape index (κ3) is 4.71. The Morgan fingerprint density at radius 3 is 2.54 bits per heavy atom. The number of methoxy groups -OCH3 is 1. The minimum absolute atomic E-state index is 0.0642. The Balaban J connectivity index is 1.70. The zero-order valence-corrected chi connectivity index (χ0v) is 15.2. The maximum absolute atomic E-state index is 14.0. The van der Waals surface area contributed by atoms with Gasteiger partial charge in [0.25, 0.3) is 0 Å². The number of likely N-dealkylation sites (tertiary alicyclic amines) is 1. The van der Waals surface area contributed by atoms with Gasteiger partial charge >= 0.3 is 0 Å². The molecule has 2 saturated heterocycles. The van der Waals surface area contributed by atoms with Crippen molar-refractivity contribution in [1.29, 1.82) is 0 Å². The number of halogens is 2. The molecule has 2 fully saturated rings. The molecule has 2 aliphatic heterocycles. The summed E-state index contributed by atoms with van der Waals surface area (Å²) in [4.78, 5) is 16.3. The van der Waals surface area contributed by atoms with Crippen LogP contribution in [0.3, 0.4) is 0 Å². The van der Waals surface area contributed by atoms with Gasteiger partial charge in [-0.1, -0.05) is 0 Å². The highest BCUT2D eigenvalue weighted by atomic mass is 19.1. The van der Waals surface area contributed by atoms with Gasteiger partial charge in [0.05, 0.1) is 19.8 Å². The molecule has 7 heteroatoms. The summed E-state index contributed by atoms with van der Waals surface area (Å²) in [6.45, 7) is 3.41. The molecule has 0 N–H and O–H groups in total. The smallest absolute Gasteiger partial charge is 0.236 e. The van der Waals surface area contributed by atoms with Gasteiger partial charge < -0.3 is 14.4 Å². The number of amides is 1. The number of hydrogen-bond donors (Lipinski definition) is 0. The molecule has 2 heterocycles. The van der Waals surface area contributed by atoms with E-state index in [0.717, 1.165) is 45.4 Å². The second-order valence-corrected chi connectivity index (χ2v) is 6.99. The van der Waals surface area contributed by atoms with Crippen molar-refractivity contribution < 1.29 is 23.0 Å². The van der Waals surface area contributed by atoms with Crippen LogP contribution in [0.2, 0.25) is 0 Å². The fourth-order valence-corrected chi connectivity index (χ4v) is 3.68. The van der Waals surface area contributed by atoms with E-state index in [-0.39, 0.29) is 30.9 Å². The van der Waals surface area contributed by atoms with Crippen LogP contribution in [-0.2, 0) is 16.1 Å². The highest BCUT2D eigenvalue weighted by Gasteiger charge is 2.25. The molecule has 1 aromatic carbocycles. The van der Waals surface area contributed by atoms with Crippen molar-refractivity contribution in [1.82, 2.24) is 9.80 Å². The normalized spacial score (nSPS) is 20.2. The SMILES string of the molecule is COc1c(F)cc(CN(CC(=O)N2CCCC2)CC2CCCO2)cc1F. The average Bonchev–Trinajstić information content (AvgIpc) is 3.28. The molecule has 1 aromatic rings. The number of hydrogen-bond acceptors (Lipinski definition) is 4. The van der Waals surface area contributed by atoms with Crippen LogP contribution in [0.25, 0.3) is 0 Å². The largest absolute Gasteiger partial charge is 0.491 e. The summed E-state index contributed by atoms with van der Waals surface area (Å²) in [6.07, 6.45) is 4.08. The van der Waals surface area contributed by atoms with Gasteiger partial charge in [0, 0.05) is 32.8 Å². The van der Waals surface area contributed by atoms with E-state index in [2.05, 4.69) is 0 Å². The van der Waals surface area contributed by atoms with Gasteiger partial charge in [0.15, 0.2) is 17.4 Å². The third-order valence-electron chi connectivity index (χ3n) is 4.97. The van der Waals surface area contributed by atoms with Crippen molar-refractivity contribution in [3.63, 3.8) is 0 Å². The second-order valence-electron chi connectivity index (χ2n) is 6.99. The Bertz CT molecular complexity index is 606. The van der Waals surface area contributed by atoms with Gasteiger partial charge in [-0.15, -0.1) is 0 Å². The first kappa shape index (κ1) is 19.0. The summed E-state index contributed by atoms with van der Waals surface area (Å²) in [5.74, 6) is -1.78. The van der Waals surface area contributed by atoms with Gasteiger partial charge in [0.2, 0.25) is 5.91 Å². The number of benzene rings is 1. The van der Waals surface area contributed by atoms with E-state index in [9.17, 15) is 13.6 Å². The van der Waals surface area contributed by atoms with Gasteiger partial charge in [-0.3, -0.25) is 9.69 Å². The molecule has 1 amide bonds. The Morgan fingerprint density at radius 2 is 1.96 bits per heavy atom. The van der Waals surface area contributed by atoms with E-state index < -0.39 is 11.6 Å². The molecule has 0 aromatic heterocycles. The predicted molar refractivity (Wildman–Crippen MR) is 93.0 cm³/mol. The van der Waals surface area contributed by atoms with E-state index in [4.69, 9.17) is 9.47 Å². The lowest BCUT2D eigenvalue weighted by Crippen LogP contribution is -2.41. The van der Waals surface area contributed by atoms with Crippen LogP contribution in [0, 0.1) is 11.6 Å². The van der Waals surface area contributed by atoms with Crippen molar-refractivity contribution in [3.05, 3.63) is 29.3 Å². The molecule has 5 nitrogen and oxygen atoms in total. The Hall–Kier alpha value is -1.73. The van der Waals surface area contributed by atoms with E-state index in [1.165, 1.54) is 19.2 Å². The van der Waals surface area contributed by atoms with Crippen LogP contribution in [-0.4, -0.2) is 61.7 Å². The zero-order valence-electron chi connectivity index (χ0n) is 15.2. The average molecular weight is 368 g/mol. The molecular weight excluding hydrogens is 342 g/mol. The van der Waals surface area contributed by atoms with Crippen molar-refractivity contribution in [2.24, 2.45) is 0 Å². The lowest BCUT2D eigenvalue weighted by molar-refractivity contribution is -0.131. The van der Waals surface area contributed by atoms with E-state index >= 15 is 0 Å². The fraction of sp³-hybridized carbons (Fsp3) is 0.632. The van der Waals surface area contributed by atoms with E-state index in [1.54, 1.807) is 0 Å². The summed E-state index contributed by atoms with van der Waals surface area (Å²) < 4.78 is 38.4. The van der Waals surface area contributed by atoms with Crippen molar-refractivity contribution in [2.45, 2.75) is 38.3 Å². The number of carbonyl (C=O) groups excluding carboxylic acids is 1. The van der Waals surface area contributed by atoms with Gasteiger partial charge in [-0.25, -0.2) is 8.78 Å². The first-order valence-corrected chi connectivity index (χ1v) is 9.20. The molecular formula is C19H26F2N2O3. The standard InChI is InChI=1S/C19H26F2N2O3/c1-25-19-16(20)9-14(10-17(19)21)11-22(12-15-5-4-8-26-15)13-18(24)23-6-2-3-7-23/h9-10,15H,2-8,11-13H2,1H3.